The van der Waals surface area contributed by atoms with Gasteiger partial charge in [0.1, 0.15) is 11.9 Å². The predicted octanol–water partition coefficient (Wildman–Crippen LogP) is 6.65. The molecule has 1 aliphatic heterocycles. The number of amides is 1. The second-order valence-electron chi connectivity index (χ2n) is 9.45. The van der Waals surface area contributed by atoms with Gasteiger partial charge in [-0.3, -0.25) is 9.59 Å². The minimum atomic E-state index is -0.662. The molecule has 0 fully saturated rings. The van der Waals surface area contributed by atoms with E-state index < -0.39 is 17.8 Å². The lowest BCUT2D eigenvalue weighted by Crippen LogP contribution is -2.23. The highest BCUT2D eigenvalue weighted by Gasteiger charge is 2.30. The normalized spacial score (nSPS) is 14.3. The zero-order valence-corrected chi connectivity index (χ0v) is 22.3. The standard InChI is InChI=1S/C29H25Cl2FN4O2/c1-35(2)16-20-9-12-26-27(34-25-6-4-3-5-17(25)15-36(20)26)28(37)21-11-8-19(14-24(21)31)33-29(38)22-10-7-18(32)13-23(22)30/h3-14,27,34H,15-16H2,1-2H3,(H,33,38). The van der Waals surface area contributed by atoms with Crippen molar-refractivity contribution in [3.63, 3.8) is 0 Å². The molecule has 194 valence electrons. The number of hydrogen-bond donors (Lipinski definition) is 2. The first kappa shape index (κ1) is 26.0. The van der Waals surface area contributed by atoms with Crippen LogP contribution in [-0.2, 0) is 13.1 Å². The van der Waals surface area contributed by atoms with Crippen LogP contribution in [-0.4, -0.2) is 35.3 Å². The van der Waals surface area contributed by atoms with Crippen LogP contribution >= 0.6 is 23.2 Å². The molecule has 5 rings (SSSR count). The van der Waals surface area contributed by atoms with Gasteiger partial charge in [0.05, 0.1) is 15.6 Å². The van der Waals surface area contributed by atoms with Gasteiger partial charge >= 0.3 is 0 Å². The molecule has 38 heavy (non-hydrogen) atoms. The summed E-state index contributed by atoms with van der Waals surface area (Å²) in [5, 5.41) is 6.32. The molecule has 6 nitrogen and oxygen atoms in total. The van der Waals surface area contributed by atoms with Crippen LogP contribution in [0.5, 0.6) is 0 Å². The molecule has 0 bridgehead atoms. The monoisotopic (exact) mass is 550 g/mol. The van der Waals surface area contributed by atoms with Gasteiger partial charge in [-0.15, -0.1) is 0 Å². The van der Waals surface area contributed by atoms with Gasteiger partial charge in [0.15, 0.2) is 5.78 Å². The molecule has 9 heteroatoms. The van der Waals surface area contributed by atoms with Gasteiger partial charge in [-0.2, -0.15) is 0 Å². The van der Waals surface area contributed by atoms with Crippen molar-refractivity contribution in [3.05, 3.63) is 117 Å². The Labute approximate surface area is 230 Å². The van der Waals surface area contributed by atoms with E-state index >= 15 is 0 Å². The number of carbonyl (C=O) groups is 2. The van der Waals surface area contributed by atoms with E-state index in [2.05, 4.69) is 26.2 Å². The minimum Gasteiger partial charge on any atom is -0.370 e. The van der Waals surface area contributed by atoms with Gasteiger partial charge in [0.2, 0.25) is 0 Å². The molecule has 0 saturated carbocycles. The van der Waals surface area contributed by atoms with Crippen molar-refractivity contribution in [3.8, 4) is 0 Å². The number of nitrogens with one attached hydrogen (secondary N) is 2. The number of carbonyl (C=O) groups excluding carboxylic acids is 2. The summed E-state index contributed by atoms with van der Waals surface area (Å²) in [7, 11) is 4.02. The molecule has 1 aliphatic rings. The van der Waals surface area contributed by atoms with Crippen LogP contribution in [0.3, 0.4) is 0 Å². The predicted molar refractivity (Wildman–Crippen MR) is 149 cm³/mol. The number of anilines is 2. The maximum absolute atomic E-state index is 13.9. The molecule has 4 aromatic rings. The fourth-order valence-corrected chi connectivity index (χ4v) is 5.18. The fraction of sp³-hybridized carbons (Fsp3) is 0.172. The van der Waals surface area contributed by atoms with Crippen molar-refractivity contribution < 1.29 is 14.0 Å². The zero-order valence-electron chi connectivity index (χ0n) is 20.8. The first-order chi connectivity index (χ1) is 18.2. The molecule has 2 N–H and O–H groups in total. The Morgan fingerprint density at radius 2 is 1.74 bits per heavy atom. The zero-order chi connectivity index (χ0) is 27.0. The van der Waals surface area contributed by atoms with Crippen LogP contribution in [0.1, 0.15) is 43.7 Å². The molecule has 3 aromatic carbocycles. The SMILES string of the molecule is CN(C)Cc1ccc2n1Cc1ccccc1NC2C(=O)c1ccc(NC(=O)c2ccc(F)cc2Cl)cc1Cl. The van der Waals surface area contributed by atoms with Crippen LogP contribution in [0.15, 0.2) is 72.8 Å². The highest BCUT2D eigenvalue weighted by Crippen LogP contribution is 2.34. The maximum atomic E-state index is 13.9. The van der Waals surface area contributed by atoms with E-state index in [4.69, 9.17) is 23.2 Å². The number of hydrogen-bond acceptors (Lipinski definition) is 4. The summed E-state index contributed by atoms with van der Waals surface area (Å²) in [5.74, 6) is -1.24. The Hall–Kier alpha value is -3.65. The molecule has 0 aliphatic carbocycles. The van der Waals surface area contributed by atoms with E-state index in [0.29, 0.717) is 17.8 Å². The first-order valence-corrected chi connectivity index (χ1v) is 12.7. The average Bonchev–Trinajstić information content (AvgIpc) is 3.15. The number of rotatable bonds is 6. The van der Waals surface area contributed by atoms with E-state index in [1.165, 1.54) is 12.1 Å². The van der Waals surface area contributed by atoms with Crippen molar-refractivity contribution in [2.75, 3.05) is 24.7 Å². The third-order valence-electron chi connectivity index (χ3n) is 6.45. The number of para-hydroxylation sites is 1. The largest absolute Gasteiger partial charge is 0.370 e. The third kappa shape index (κ3) is 5.18. The van der Waals surface area contributed by atoms with Gasteiger partial charge in [-0.25, -0.2) is 4.39 Å². The summed E-state index contributed by atoms with van der Waals surface area (Å²) < 4.78 is 15.5. The Balaban J connectivity index is 1.45. The Kier molecular flexibility index (Phi) is 7.25. The van der Waals surface area contributed by atoms with Gasteiger partial charge in [-0.1, -0.05) is 41.4 Å². The summed E-state index contributed by atoms with van der Waals surface area (Å²) in [6.45, 7) is 1.37. The molecule has 0 radical (unpaired) electrons. The van der Waals surface area contributed by atoms with E-state index in [1.807, 2.05) is 44.4 Å². The third-order valence-corrected chi connectivity index (χ3v) is 7.08. The van der Waals surface area contributed by atoms with Crippen LogP contribution < -0.4 is 10.6 Å². The molecule has 1 aromatic heterocycles. The lowest BCUT2D eigenvalue weighted by molar-refractivity contribution is 0.0966. The number of ketones is 1. The fourth-order valence-electron chi connectivity index (χ4n) is 4.65. The number of nitrogens with zero attached hydrogens (tertiary/aromatic N) is 2. The van der Waals surface area contributed by atoms with Gasteiger partial charge in [0.25, 0.3) is 5.91 Å². The minimum absolute atomic E-state index is 0.00301. The smallest absolute Gasteiger partial charge is 0.257 e. The molecule has 1 unspecified atom stereocenters. The van der Waals surface area contributed by atoms with Crippen LogP contribution in [0.2, 0.25) is 10.0 Å². The second kappa shape index (κ2) is 10.6. The summed E-state index contributed by atoms with van der Waals surface area (Å²) >= 11 is 12.6. The van der Waals surface area contributed by atoms with Gasteiger partial charge in [0, 0.05) is 41.4 Å². The lowest BCUT2D eigenvalue weighted by Gasteiger charge is -2.20. The van der Waals surface area contributed by atoms with Gasteiger partial charge < -0.3 is 20.1 Å². The summed E-state index contributed by atoms with van der Waals surface area (Å²) in [6.07, 6.45) is 0. The first-order valence-electron chi connectivity index (χ1n) is 12.0. The molecular formula is C29H25Cl2FN4O2. The Morgan fingerprint density at radius 3 is 2.47 bits per heavy atom. The average molecular weight is 551 g/mol. The van der Waals surface area contributed by atoms with E-state index in [1.54, 1.807) is 12.1 Å². The number of aromatic nitrogens is 1. The summed E-state index contributed by atoms with van der Waals surface area (Å²) in [6, 6.07) is 19.6. The van der Waals surface area contributed by atoms with Gasteiger partial charge in [-0.05, 0) is 74.3 Å². The van der Waals surface area contributed by atoms with Crippen LogP contribution in [0, 0.1) is 5.82 Å². The highest BCUT2D eigenvalue weighted by molar-refractivity contribution is 6.35. The molecule has 1 atom stereocenters. The van der Waals surface area contributed by atoms with E-state index in [9.17, 15) is 14.0 Å². The molecular weight excluding hydrogens is 526 g/mol. The molecule has 0 spiro atoms. The molecule has 0 saturated heterocycles. The van der Waals surface area contributed by atoms with Crippen molar-refractivity contribution in [1.82, 2.24) is 9.47 Å². The number of fused-ring (bicyclic) bond motifs is 2. The van der Waals surface area contributed by atoms with Crippen molar-refractivity contribution in [1.29, 1.82) is 0 Å². The quantitative estimate of drug-likeness (QED) is 0.264. The molecule has 1 amide bonds. The Morgan fingerprint density at radius 1 is 1.00 bits per heavy atom. The maximum Gasteiger partial charge on any atom is 0.257 e. The second-order valence-corrected chi connectivity index (χ2v) is 10.3. The van der Waals surface area contributed by atoms with Crippen molar-refractivity contribution >= 4 is 46.3 Å². The van der Waals surface area contributed by atoms with Crippen molar-refractivity contribution in [2.45, 2.75) is 19.1 Å². The highest BCUT2D eigenvalue weighted by atomic mass is 35.5. The Bertz CT molecular complexity index is 1550. The van der Waals surface area contributed by atoms with Crippen LogP contribution in [0.4, 0.5) is 15.8 Å². The number of Topliss-reactive ketones (excluding diaryl/α,β-unsaturated/α-hetero) is 1. The summed E-state index contributed by atoms with van der Waals surface area (Å²) in [5.41, 5.74) is 4.76. The van der Waals surface area contributed by atoms with Crippen molar-refractivity contribution in [2.24, 2.45) is 0 Å². The summed E-state index contributed by atoms with van der Waals surface area (Å²) in [4.78, 5) is 28.6. The molecule has 2 heterocycles. The van der Waals surface area contributed by atoms with Crippen LogP contribution in [0.25, 0.3) is 0 Å². The number of halogens is 3. The number of benzene rings is 3. The van der Waals surface area contributed by atoms with E-state index in [0.717, 1.165) is 41.3 Å². The topological polar surface area (TPSA) is 66.4 Å². The van der Waals surface area contributed by atoms with E-state index in [-0.39, 0.29) is 21.4 Å². The lowest BCUT2D eigenvalue weighted by atomic mass is 10.0.